The van der Waals surface area contributed by atoms with E-state index in [-0.39, 0.29) is 6.10 Å². The fourth-order valence-electron chi connectivity index (χ4n) is 1.94. The first-order chi connectivity index (χ1) is 5.18. The fraction of sp³-hybridized carbons (Fsp3) is 1.00. The summed E-state index contributed by atoms with van der Waals surface area (Å²) in [5.74, 6) is 0.730. The van der Waals surface area contributed by atoms with Gasteiger partial charge >= 0.3 is 0 Å². The van der Waals surface area contributed by atoms with Crippen molar-refractivity contribution >= 4 is 0 Å². The van der Waals surface area contributed by atoms with E-state index in [0.29, 0.717) is 0 Å². The van der Waals surface area contributed by atoms with Crippen LogP contribution >= 0.6 is 0 Å². The van der Waals surface area contributed by atoms with Gasteiger partial charge in [-0.1, -0.05) is 6.42 Å². The third kappa shape index (κ3) is 3.21. The van der Waals surface area contributed by atoms with Crippen molar-refractivity contribution in [2.75, 3.05) is 20.6 Å². The molecule has 66 valence electrons. The maximum atomic E-state index is 9.37. The van der Waals surface area contributed by atoms with Gasteiger partial charge in [-0.15, -0.1) is 0 Å². The molecule has 1 fully saturated rings. The lowest BCUT2D eigenvalue weighted by atomic mass is 9.87. The molecule has 1 rings (SSSR count). The average Bonchev–Trinajstić information content (AvgIpc) is 1.85. The molecular weight excluding hydrogens is 138 g/mol. The minimum absolute atomic E-state index is 0.0197. The van der Waals surface area contributed by atoms with Crippen molar-refractivity contribution in [1.29, 1.82) is 0 Å². The van der Waals surface area contributed by atoms with E-state index < -0.39 is 0 Å². The summed E-state index contributed by atoms with van der Waals surface area (Å²) in [4.78, 5) is 2.21. The number of aliphatic hydroxyl groups is 1. The van der Waals surface area contributed by atoms with Gasteiger partial charge in [0.25, 0.3) is 0 Å². The largest absolute Gasteiger partial charge is 0.393 e. The van der Waals surface area contributed by atoms with Gasteiger partial charge in [-0.2, -0.15) is 0 Å². The van der Waals surface area contributed by atoms with Crippen molar-refractivity contribution < 1.29 is 5.11 Å². The predicted molar refractivity (Wildman–Crippen MR) is 46.5 cm³/mol. The molecule has 0 bridgehead atoms. The highest BCUT2D eigenvalue weighted by molar-refractivity contribution is 4.73. The highest BCUT2D eigenvalue weighted by atomic mass is 16.3. The maximum Gasteiger partial charge on any atom is 0.0543 e. The van der Waals surface area contributed by atoms with E-state index in [9.17, 15) is 5.11 Å². The molecule has 0 aliphatic heterocycles. The third-order valence-corrected chi connectivity index (χ3v) is 2.38. The van der Waals surface area contributed by atoms with Crippen LogP contribution in [0.4, 0.5) is 0 Å². The van der Waals surface area contributed by atoms with Crippen LogP contribution in [0.1, 0.15) is 25.7 Å². The molecule has 0 heterocycles. The van der Waals surface area contributed by atoms with Crippen molar-refractivity contribution in [2.45, 2.75) is 31.8 Å². The first-order valence-corrected chi connectivity index (χ1v) is 4.51. The van der Waals surface area contributed by atoms with Gasteiger partial charge in [0.05, 0.1) is 6.10 Å². The molecule has 0 aromatic heterocycles. The molecule has 0 aromatic carbocycles. The van der Waals surface area contributed by atoms with Gasteiger partial charge in [-0.3, -0.25) is 0 Å². The Balaban J connectivity index is 2.23. The summed E-state index contributed by atoms with van der Waals surface area (Å²) >= 11 is 0. The number of hydrogen-bond acceptors (Lipinski definition) is 2. The third-order valence-electron chi connectivity index (χ3n) is 2.38. The summed E-state index contributed by atoms with van der Waals surface area (Å²) in [5, 5.41) is 9.37. The van der Waals surface area contributed by atoms with Gasteiger partial charge < -0.3 is 10.0 Å². The Morgan fingerprint density at radius 3 is 2.64 bits per heavy atom. The highest BCUT2D eigenvalue weighted by Gasteiger charge is 2.19. The lowest BCUT2D eigenvalue weighted by Crippen LogP contribution is -2.28. The van der Waals surface area contributed by atoms with Crippen LogP contribution in [0, 0.1) is 5.92 Å². The lowest BCUT2D eigenvalue weighted by molar-refractivity contribution is 0.0913. The fourth-order valence-corrected chi connectivity index (χ4v) is 1.94. The van der Waals surface area contributed by atoms with E-state index in [1.54, 1.807) is 0 Å². The molecule has 0 unspecified atom stereocenters. The van der Waals surface area contributed by atoms with E-state index in [4.69, 9.17) is 0 Å². The smallest absolute Gasteiger partial charge is 0.0543 e. The average molecular weight is 157 g/mol. The van der Waals surface area contributed by atoms with Gasteiger partial charge in [0.15, 0.2) is 0 Å². The van der Waals surface area contributed by atoms with Gasteiger partial charge in [-0.05, 0) is 39.3 Å². The zero-order valence-electron chi connectivity index (χ0n) is 7.58. The van der Waals surface area contributed by atoms with Gasteiger partial charge in [0.2, 0.25) is 0 Å². The molecule has 1 saturated carbocycles. The second kappa shape index (κ2) is 4.07. The Hall–Kier alpha value is -0.0800. The maximum absolute atomic E-state index is 9.37. The molecule has 0 radical (unpaired) electrons. The second-order valence-corrected chi connectivity index (χ2v) is 3.95. The number of nitrogens with zero attached hydrogens (tertiary/aromatic N) is 1. The number of aliphatic hydroxyl groups excluding tert-OH is 1. The van der Waals surface area contributed by atoms with Gasteiger partial charge in [-0.25, -0.2) is 0 Å². The summed E-state index contributed by atoms with van der Waals surface area (Å²) in [6.07, 6.45) is 4.52. The van der Waals surface area contributed by atoms with E-state index in [2.05, 4.69) is 19.0 Å². The zero-order valence-corrected chi connectivity index (χ0v) is 7.58. The first-order valence-electron chi connectivity index (χ1n) is 4.51. The molecule has 2 atom stereocenters. The van der Waals surface area contributed by atoms with Crippen LogP contribution in [0.15, 0.2) is 0 Å². The molecule has 2 heteroatoms. The van der Waals surface area contributed by atoms with Gasteiger partial charge in [0, 0.05) is 6.54 Å². The van der Waals surface area contributed by atoms with E-state index in [1.165, 1.54) is 12.8 Å². The van der Waals surface area contributed by atoms with Crippen molar-refractivity contribution in [3.8, 4) is 0 Å². The zero-order chi connectivity index (χ0) is 8.27. The molecule has 1 N–H and O–H groups in total. The molecule has 0 amide bonds. The topological polar surface area (TPSA) is 23.5 Å². The Labute approximate surface area is 69.2 Å². The standard InChI is InChI=1S/C9H19NO/c1-10(2)7-8-4-3-5-9(11)6-8/h8-9,11H,3-7H2,1-2H3/t8-,9+/m1/s1. The van der Waals surface area contributed by atoms with Crippen molar-refractivity contribution in [3.05, 3.63) is 0 Å². The monoisotopic (exact) mass is 157 g/mol. The van der Waals surface area contributed by atoms with Crippen molar-refractivity contribution in [2.24, 2.45) is 5.92 Å². The van der Waals surface area contributed by atoms with Crippen LogP contribution in [0.25, 0.3) is 0 Å². The normalized spacial score (nSPS) is 32.7. The molecule has 1 aliphatic rings. The van der Waals surface area contributed by atoms with E-state index in [1.807, 2.05) is 0 Å². The Kier molecular flexibility index (Phi) is 3.34. The molecule has 0 saturated heterocycles. The van der Waals surface area contributed by atoms with Gasteiger partial charge in [0.1, 0.15) is 0 Å². The minimum atomic E-state index is -0.0197. The van der Waals surface area contributed by atoms with Crippen molar-refractivity contribution in [1.82, 2.24) is 4.90 Å². The predicted octanol–water partition coefficient (Wildman–Crippen LogP) is 1.10. The van der Waals surface area contributed by atoms with E-state index in [0.717, 1.165) is 25.3 Å². The van der Waals surface area contributed by atoms with Crippen LogP contribution < -0.4 is 0 Å². The van der Waals surface area contributed by atoms with Crippen LogP contribution in [-0.4, -0.2) is 36.8 Å². The van der Waals surface area contributed by atoms with Crippen LogP contribution in [-0.2, 0) is 0 Å². The summed E-state index contributed by atoms with van der Waals surface area (Å²) < 4.78 is 0. The Bertz CT molecular complexity index is 112. The number of rotatable bonds is 2. The number of hydrogen-bond donors (Lipinski definition) is 1. The Morgan fingerprint density at radius 1 is 1.36 bits per heavy atom. The quantitative estimate of drug-likeness (QED) is 0.649. The van der Waals surface area contributed by atoms with E-state index >= 15 is 0 Å². The molecule has 11 heavy (non-hydrogen) atoms. The minimum Gasteiger partial charge on any atom is -0.393 e. The molecule has 0 aromatic rings. The van der Waals surface area contributed by atoms with Crippen LogP contribution in [0.2, 0.25) is 0 Å². The molecule has 2 nitrogen and oxygen atoms in total. The molecule has 1 aliphatic carbocycles. The SMILES string of the molecule is CN(C)C[C@@H]1CCC[C@H](O)C1. The van der Waals surface area contributed by atoms with Crippen LogP contribution in [0.3, 0.4) is 0 Å². The summed E-state index contributed by atoms with van der Waals surface area (Å²) in [6, 6.07) is 0. The molecular formula is C9H19NO. The highest BCUT2D eigenvalue weighted by Crippen LogP contribution is 2.24. The molecule has 0 spiro atoms. The van der Waals surface area contributed by atoms with Crippen LogP contribution in [0.5, 0.6) is 0 Å². The Morgan fingerprint density at radius 2 is 2.09 bits per heavy atom. The van der Waals surface area contributed by atoms with Crippen molar-refractivity contribution in [3.63, 3.8) is 0 Å². The summed E-state index contributed by atoms with van der Waals surface area (Å²) in [6.45, 7) is 1.14. The summed E-state index contributed by atoms with van der Waals surface area (Å²) in [5.41, 5.74) is 0. The summed E-state index contributed by atoms with van der Waals surface area (Å²) in [7, 11) is 4.20. The lowest BCUT2D eigenvalue weighted by Gasteiger charge is -2.27. The second-order valence-electron chi connectivity index (χ2n) is 3.95. The first kappa shape index (κ1) is 9.01.